The number of nitrogens with one attached hydrogen (secondary N) is 1. The van der Waals surface area contributed by atoms with E-state index in [1.165, 1.54) is 0 Å². The van der Waals surface area contributed by atoms with Gasteiger partial charge in [-0.2, -0.15) is 0 Å². The van der Waals surface area contributed by atoms with Gasteiger partial charge in [0.1, 0.15) is 5.75 Å². The Labute approximate surface area is 119 Å². The molecule has 0 saturated heterocycles. The number of anilines is 2. The van der Waals surface area contributed by atoms with E-state index < -0.39 is 0 Å². The summed E-state index contributed by atoms with van der Waals surface area (Å²) >= 11 is 0. The minimum absolute atomic E-state index is 0.154. The van der Waals surface area contributed by atoms with E-state index in [1.54, 1.807) is 13.2 Å². The predicted molar refractivity (Wildman–Crippen MR) is 81.7 cm³/mol. The van der Waals surface area contributed by atoms with E-state index in [1.807, 2.05) is 61.5 Å². The average molecular weight is 270 g/mol. The molecule has 0 saturated carbocycles. The van der Waals surface area contributed by atoms with Gasteiger partial charge in [0.25, 0.3) is 5.91 Å². The minimum Gasteiger partial charge on any atom is -0.495 e. The molecule has 2 aromatic carbocycles. The Balaban J connectivity index is 2.29. The van der Waals surface area contributed by atoms with Crippen molar-refractivity contribution >= 4 is 17.3 Å². The number of methoxy groups -OCH3 is 1. The van der Waals surface area contributed by atoms with E-state index in [-0.39, 0.29) is 5.91 Å². The van der Waals surface area contributed by atoms with Gasteiger partial charge in [0, 0.05) is 19.8 Å². The predicted octanol–water partition coefficient (Wildman–Crippen LogP) is 3.01. The van der Waals surface area contributed by atoms with Gasteiger partial charge in [-0.3, -0.25) is 4.79 Å². The van der Waals surface area contributed by atoms with Crippen LogP contribution in [0.2, 0.25) is 0 Å². The standard InChI is InChI=1S/C16H18N2O2/c1-18(2)14-10-6-4-8-12(14)16(19)17-13-9-5-7-11-15(13)20-3/h4-11H,1-3H3,(H,17,19). The van der Waals surface area contributed by atoms with Crippen LogP contribution in [0.25, 0.3) is 0 Å². The van der Waals surface area contributed by atoms with Gasteiger partial charge in [0.2, 0.25) is 0 Å². The number of carbonyl (C=O) groups excluding carboxylic acids is 1. The van der Waals surface area contributed by atoms with Gasteiger partial charge in [-0.15, -0.1) is 0 Å². The smallest absolute Gasteiger partial charge is 0.257 e. The largest absolute Gasteiger partial charge is 0.495 e. The van der Waals surface area contributed by atoms with Crippen LogP contribution in [0, 0.1) is 0 Å². The lowest BCUT2D eigenvalue weighted by Crippen LogP contribution is -2.18. The van der Waals surface area contributed by atoms with Crippen molar-refractivity contribution < 1.29 is 9.53 Å². The molecule has 0 bridgehead atoms. The fraction of sp³-hybridized carbons (Fsp3) is 0.188. The van der Waals surface area contributed by atoms with E-state index in [4.69, 9.17) is 4.74 Å². The number of amides is 1. The van der Waals surface area contributed by atoms with E-state index in [0.29, 0.717) is 17.0 Å². The Morgan fingerprint density at radius 2 is 1.70 bits per heavy atom. The third-order valence-corrected chi connectivity index (χ3v) is 2.99. The second-order valence-corrected chi connectivity index (χ2v) is 4.57. The highest BCUT2D eigenvalue weighted by molar-refractivity contribution is 6.08. The molecule has 0 unspecified atom stereocenters. The van der Waals surface area contributed by atoms with Gasteiger partial charge in [0.15, 0.2) is 0 Å². The van der Waals surface area contributed by atoms with Crippen molar-refractivity contribution in [3.05, 3.63) is 54.1 Å². The molecule has 0 fully saturated rings. The molecule has 4 nitrogen and oxygen atoms in total. The lowest BCUT2D eigenvalue weighted by Gasteiger charge is -2.17. The Kier molecular flexibility index (Phi) is 4.25. The third kappa shape index (κ3) is 2.91. The number of hydrogen-bond acceptors (Lipinski definition) is 3. The maximum absolute atomic E-state index is 12.4. The minimum atomic E-state index is -0.154. The van der Waals surface area contributed by atoms with Crippen LogP contribution in [-0.4, -0.2) is 27.1 Å². The zero-order chi connectivity index (χ0) is 14.5. The molecule has 0 radical (unpaired) electrons. The SMILES string of the molecule is COc1ccccc1NC(=O)c1ccccc1N(C)C. The Bertz CT molecular complexity index is 609. The molecule has 0 aliphatic carbocycles. The molecule has 0 aliphatic rings. The zero-order valence-electron chi connectivity index (χ0n) is 11.9. The number of nitrogens with zero attached hydrogens (tertiary/aromatic N) is 1. The van der Waals surface area contributed by atoms with Crippen LogP contribution in [0.3, 0.4) is 0 Å². The van der Waals surface area contributed by atoms with Crippen LogP contribution in [0.1, 0.15) is 10.4 Å². The van der Waals surface area contributed by atoms with E-state index in [2.05, 4.69) is 5.32 Å². The lowest BCUT2D eigenvalue weighted by atomic mass is 10.1. The fourth-order valence-electron chi connectivity index (χ4n) is 1.99. The lowest BCUT2D eigenvalue weighted by molar-refractivity contribution is 0.102. The van der Waals surface area contributed by atoms with E-state index in [9.17, 15) is 4.79 Å². The van der Waals surface area contributed by atoms with Gasteiger partial charge < -0.3 is 15.0 Å². The highest BCUT2D eigenvalue weighted by Crippen LogP contribution is 2.25. The normalized spacial score (nSPS) is 9.95. The summed E-state index contributed by atoms with van der Waals surface area (Å²) in [5.41, 5.74) is 2.16. The van der Waals surface area contributed by atoms with Gasteiger partial charge in [-0.25, -0.2) is 0 Å². The van der Waals surface area contributed by atoms with Crippen molar-refractivity contribution in [1.82, 2.24) is 0 Å². The molecule has 104 valence electrons. The summed E-state index contributed by atoms with van der Waals surface area (Å²) in [4.78, 5) is 14.3. The fourth-order valence-corrected chi connectivity index (χ4v) is 1.99. The van der Waals surface area contributed by atoms with Crippen LogP contribution in [-0.2, 0) is 0 Å². The summed E-state index contributed by atoms with van der Waals surface area (Å²) in [6.07, 6.45) is 0. The van der Waals surface area contributed by atoms with Crippen molar-refractivity contribution in [3.63, 3.8) is 0 Å². The average Bonchev–Trinajstić information content (AvgIpc) is 2.47. The number of ether oxygens (including phenoxy) is 1. The van der Waals surface area contributed by atoms with Crippen molar-refractivity contribution in [1.29, 1.82) is 0 Å². The molecule has 0 aromatic heterocycles. The molecule has 0 atom stereocenters. The molecule has 0 heterocycles. The quantitative estimate of drug-likeness (QED) is 0.928. The Morgan fingerprint density at radius 3 is 2.40 bits per heavy atom. The van der Waals surface area contributed by atoms with Crippen molar-refractivity contribution in [2.75, 3.05) is 31.4 Å². The second-order valence-electron chi connectivity index (χ2n) is 4.57. The van der Waals surface area contributed by atoms with Crippen molar-refractivity contribution in [2.24, 2.45) is 0 Å². The first-order valence-electron chi connectivity index (χ1n) is 6.34. The third-order valence-electron chi connectivity index (χ3n) is 2.99. The number of rotatable bonds is 4. The number of para-hydroxylation sites is 3. The summed E-state index contributed by atoms with van der Waals surface area (Å²) in [5, 5.41) is 2.88. The van der Waals surface area contributed by atoms with Crippen LogP contribution in [0.5, 0.6) is 5.75 Å². The first-order valence-corrected chi connectivity index (χ1v) is 6.34. The summed E-state index contributed by atoms with van der Waals surface area (Å²) in [7, 11) is 5.41. The van der Waals surface area contributed by atoms with Crippen LogP contribution in [0.15, 0.2) is 48.5 Å². The number of carbonyl (C=O) groups is 1. The highest BCUT2D eigenvalue weighted by Gasteiger charge is 2.13. The van der Waals surface area contributed by atoms with Gasteiger partial charge in [0.05, 0.1) is 18.4 Å². The van der Waals surface area contributed by atoms with Gasteiger partial charge in [-0.1, -0.05) is 24.3 Å². The molecular formula is C16H18N2O2. The molecule has 2 aromatic rings. The maximum Gasteiger partial charge on any atom is 0.257 e. The molecule has 1 N–H and O–H groups in total. The van der Waals surface area contributed by atoms with Crippen molar-refractivity contribution in [3.8, 4) is 5.75 Å². The molecule has 0 aliphatic heterocycles. The van der Waals surface area contributed by atoms with Crippen LogP contribution in [0.4, 0.5) is 11.4 Å². The monoisotopic (exact) mass is 270 g/mol. The summed E-state index contributed by atoms with van der Waals surface area (Å²) in [6, 6.07) is 14.8. The van der Waals surface area contributed by atoms with E-state index in [0.717, 1.165) is 5.69 Å². The van der Waals surface area contributed by atoms with Crippen molar-refractivity contribution in [2.45, 2.75) is 0 Å². The van der Waals surface area contributed by atoms with E-state index >= 15 is 0 Å². The second kappa shape index (κ2) is 6.10. The summed E-state index contributed by atoms with van der Waals surface area (Å²) in [6.45, 7) is 0. The summed E-state index contributed by atoms with van der Waals surface area (Å²) < 4.78 is 5.23. The molecule has 0 spiro atoms. The van der Waals surface area contributed by atoms with Crippen LogP contribution < -0.4 is 15.0 Å². The topological polar surface area (TPSA) is 41.6 Å². The highest BCUT2D eigenvalue weighted by atomic mass is 16.5. The first-order chi connectivity index (χ1) is 9.63. The Morgan fingerprint density at radius 1 is 1.05 bits per heavy atom. The zero-order valence-corrected chi connectivity index (χ0v) is 11.9. The maximum atomic E-state index is 12.4. The molecule has 4 heteroatoms. The number of benzene rings is 2. The molecule has 1 amide bonds. The summed E-state index contributed by atoms with van der Waals surface area (Å²) in [5.74, 6) is 0.488. The molecular weight excluding hydrogens is 252 g/mol. The molecule has 2 rings (SSSR count). The first kappa shape index (κ1) is 13.9. The Hall–Kier alpha value is -2.49. The molecule has 20 heavy (non-hydrogen) atoms. The van der Waals surface area contributed by atoms with Crippen LogP contribution >= 0.6 is 0 Å². The number of hydrogen-bond donors (Lipinski definition) is 1. The van der Waals surface area contributed by atoms with Gasteiger partial charge in [-0.05, 0) is 24.3 Å². The van der Waals surface area contributed by atoms with Gasteiger partial charge >= 0.3 is 0 Å².